The van der Waals surface area contributed by atoms with E-state index in [9.17, 15) is 4.79 Å². The van der Waals surface area contributed by atoms with Crippen molar-refractivity contribution in [1.82, 2.24) is 20.5 Å². The third kappa shape index (κ3) is 5.95. The van der Waals surface area contributed by atoms with Gasteiger partial charge in [0.05, 0.1) is 6.54 Å². The lowest BCUT2D eigenvalue weighted by atomic mass is 10.1. The average Bonchev–Trinajstić information content (AvgIpc) is 3.24. The van der Waals surface area contributed by atoms with Crippen LogP contribution in [0.1, 0.15) is 17.7 Å². The van der Waals surface area contributed by atoms with E-state index in [1.54, 1.807) is 30.3 Å². The second kappa shape index (κ2) is 10.1. The molecule has 0 atom stereocenters. The Morgan fingerprint density at radius 1 is 1.29 bits per heavy atom. The molecule has 1 fully saturated rings. The predicted octanol–water partition coefficient (Wildman–Crippen LogP) is 1.94. The van der Waals surface area contributed by atoms with Crippen LogP contribution in [0.2, 0.25) is 0 Å². The van der Waals surface area contributed by atoms with E-state index in [-0.39, 0.29) is 12.5 Å². The van der Waals surface area contributed by atoms with Crippen molar-refractivity contribution >= 4 is 29.0 Å². The fourth-order valence-corrected chi connectivity index (χ4v) is 3.66. The summed E-state index contributed by atoms with van der Waals surface area (Å²) in [5.41, 5.74) is 0. The molecule has 3 rings (SSSR count). The van der Waals surface area contributed by atoms with Crippen LogP contribution in [-0.4, -0.2) is 61.5 Å². The van der Waals surface area contributed by atoms with Gasteiger partial charge in [-0.1, -0.05) is 12.1 Å². The Balaban J connectivity index is 1.56. The Bertz CT molecular complexity index is 754. The summed E-state index contributed by atoms with van der Waals surface area (Å²) in [5.74, 6) is 1.71. The Hall–Kier alpha value is -2.61. The smallest absolute Gasteiger partial charge is 0.243 e. The van der Waals surface area contributed by atoms with Gasteiger partial charge in [0, 0.05) is 44.3 Å². The average molecular weight is 401 g/mol. The fraction of sp³-hybridized carbons (Fsp3) is 0.450. The molecule has 1 amide bonds. The van der Waals surface area contributed by atoms with Gasteiger partial charge in [-0.3, -0.25) is 4.79 Å². The highest BCUT2D eigenvalue weighted by Crippen LogP contribution is 2.17. The molecule has 8 heteroatoms. The van der Waals surface area contributed by atoms with Crippen LogP contribution in [0.3, 0.4) is 0 Å². The summed E-state index contributed by atoms with van der Waals surface area (Å²) in [5, 5.41) is 8.93. The Morgan fingerprint density at radius 2 is 2.11 bits per heavy atom. The summed E-state index contributed by atoms with van der Waals surface area (Å²) in [4.78, 5) is 26.0. The van der Waals surface area contributed by atoms with Crippen molar-refractivity contribution in [2.45, 2.75) is 25.4 Å². The number of thiophene rings is 1. The van der Waals surface area contributed by atoms with Crippen LogP contribution in [0.4, 0.5) is 5.82 Å². The normalized spacial score (nSPS) is 15.4. The SMILES string of the molecule is CN(C)C(=O)CN=C(NCc1cccs1)NC1CCN(c2ccccn2)CC1. The van der Waals surface area contributed by atoms with Gasteiger partial charge in [0.1, 0.15) is 12.4 Å². The molecule has 1 aliphatic rings. The number of aliphatic imine (C=N–C) groups is 1. The number of hydrogen-bond acceptors (Lipinski definition) is 5. The van der Waals surface area contributed by atoms with E-state index < -0.39 is 0 Å². The maximum Gasteiger partial charge on any atom is 0.243 e. The lowest BCUT2D eigenvalue weighted by molar-refractivity contribution is -0.127. The minimum Gasteiger partial charge on any atom is -0.356 e. The number of nitrogens with zero attached hydrogens (tertiary/aromatic N) is 4. The summed E-state index contributed by atoms with van der Waals surface area (Å²) in [6.07, 6.45) is 3.83. The van der Waals surface area contributed by atoms with Crippen molar-refractivity contribution in [1.29, 1.82) is 0 Å². The summed E-state index contributed by atoms with van der Waals surface area (Å²) in [7, 11) is 3.49. The quantitative estimate of drug-likeness (QED) is 0.573. The second-order valence-corrected chi connectivity index (χ2v) is 8.01. The van der Waals surface area contributed by atoms with Gasteiger partial charge in [-0.15, -0.1) is 11.3 Å². The first-order chi connectivity index (χ1) is 13.6. The topological polar surface area (TPSA) is 72.9 Å². The van der Waals surface area contributed by atoms with Crippen molar-refractivity contribution in [3.05, 3.63) is 46.8 Å². The van der Waals surface area contributed by atoms with E-state index in [1.165, 1.54) is 4.88 Å². The lowest BCUT2D eigenvalue weighted by Crippen LogP contribution is -2.49. The number of piperidine rings is 1. The van der Waals surface area contributed by atoms with E-state index in [1.807, 2.05) is 24.4 Å². The van der Waals surface area contributed by atoms with Crippen LogP contribution in [0.5, 0.6) is 0 Å². The fourth-order valence-electron chi connectivity index (χ4n) is 3.01. The van der Waals surface area contributed by atoms with Gasteiger partial charge in [0.15, 0.2) is 5.96 Å². The second-order valence-electron chi connectivity index (χ2n) is 6.98. The van der Waals surface area contributed by atoms with Gasteiger partial charge < -0.3 is 20.4 Å². The first-order valence-corrected chi connectivity index (χ1v) is 10.4. The first kappa shape index (κ1) is 20.1. The van der Waals surface area contributed by atoms with E-state index in [4.69, 9.17) is 0 Å². The maximum absolute atomic E-state index is 11.9. The molecule has 3 heterocycles. The molecule has 150 valence electrons. The van der Waals surface area contributed by atoms with Crippen molar-refractivity contribution in [3.8, 4) is 0 Å². The third-order valence-corrected chi connectivity index (χ3v) is 5.57. The van der Waals surface area contributed by atoms with E-state index in [2.05, 4.69) is 43.0 Å². The van der Waals surface area contributed by atoms with Gasteiger partial charge >= 0.3 is 0 Å². The molecule has 1 saturated heterocycles. The first-order valence-electron chi connectivity index (χ1n) is 9.55. The summed E-state index contributed by atoms with van der Waals surface area (Å²) >= 11 is 1.70. The molecular formula is C20H28N6OS. The van der Waals surface area contributed by atoms with Crippen molar-refractivity contribution in [3.63, 3.8) is 0 Å². The number of rotatable bonds is 6. The predicted molar refractivity (Wildman–Crippen MR) is 115 cm³/mol. The highest BCUT2D eigenvalue weighted by atomic mass is 32.1. The van der Waals surface area contributed by atoms with Crippen LogP contribution >= 0.6 is 11.3 Å². The largest absolute Gasteiger partial charge is 0.356 e. The molecule has 0 aliphatic carbocycles. The summed E-state index contributed by atoms with van der Waals surface area (Å²) in [6.45, 7) is 2.74. The molecule has 0 spiro atoms. The maximum atomic E-state index is 11.9. The van der Waals surface area contributed by atoms with Crippen molar-refractivity contribution in [2.75, 3.05) is 38.6 Å². The van der Waals surface area contributed by atoms with Crippen LogP contribution in [0.25, 0.3) is 0 Å². The monoisotopic (exact) mass is 400 g/mol. The third-order valence-electron chi connectivity index (χ3n) is 4.69. The zero-order valence-electron chi connectivity index (χ0n) is 16.5. The number of amides is 1. The van der Waals surface area contributed by atoms with Crippen molar-refractivity contribution < 1.29 is 4.79 Å². The van der Waals surface area contributed by atoms with Crippen LogP contribution < -0.4 is 15.5 Å². The summed E-state index contributed by atoms with van der Waals surface area (Å²) < 4.78 is 0. The van der Waals surface area contributed by atoms with E-state index in [0.717, 1.165) is 31.7 Å². The molecule has 28 heavy (non-hydrogen) atoms. The lowest BCUT2D eigenvalue weighted by Gasteiger charge is -2.33. The van der Waals surface area contributed by atoms with E-state index in [0.29, 0.717) is 18.5 Å². The molecule has 1 aliphatic heterocycles. The van der Waals surface area contributed by atoms with Crippen LogP contribution in [0.15, 0.2) is 46.9 Å². The number of carbonyl (C=O) groups is 1. The Morgan fingerprint density at radius 3 is 2.75 bits per heavy atom. The van der Waals surface area contributed by atoms with Gasteiger partial charge in [-0.05, 0) is 36.4 Å². The van der Waals surface area contributed by atoms with Gasteiger partial charge in [-0.2, -0.15) is 0 Å². The standard InChI is InChI=1S/C20H28N6OS/c1-25(2)19(27)15-23-20(22-14-17-6-5-13-28-17)24-16-8-11-26(12-9-16)18-7-3-4-10-21-18/h3-7,10,13,16H,8-9,11-12,14-15H2,1-2H3,(H2,22,23,24). The van der Waals surface area contributed by atoms with Crippen LogP contribution in [-0.2, 0) is 11.3 Å². The number of nitrogens with one attached hydrogen (secondary N) is 2. The molecule has 2 aromatic heterocycles. The molecule has 7 nitrogen and oxygen atoms in total. The highest BCUT2D eigenvalue weighted by molar-refractivity contribution is 7.09. The number of carbonyl (C=O) groups excluding carboxylic acids is 1. The number of anilines is 1. The van der Waals surface area contributed by atoms with Gasteiger partial charge in [0.2, 0.25) is 5.91 Å². The Kier molecular flexibility index (Phi) is 7.25. The molecule has 0 radical (unpaired) electrons. The minimum absolute atomic E-state index is 0.0119. The molecule has 0 unspecified atom stereocenters. The number of likely N-dealkylation sites (N-methyl/N-ethyl adjacent to an activating group) is 1. The van der Waals surface area contributed by atoms with Gasteiger partial charge in [0.25, 0.3) is 0 Å². The number of guanidine groups is 1. The van der Waals surface area contributed by atoms with Crippen molar-refractivity contribution in [2.24, 2.45) is 4.99 Å². The molecule has 2 N–H and O–H groups in total. The highest BCUT2D eigenvalue weighted by Gasteiger charge is 2.21. The zero-order valence-corrected chi connectivity index (χ0v) is 17.3. The van der Waals surface area contributed by atoms with E-state index >= 15 is 0 Å². The summed E-state index contributed by atoms with van der Waals surface area (Å²) in [6, 6.07) is 10.5. The molecule has 0 saturated carbocycles. The number of aromatic nitrogens is 1. The number of hydrogen-bond donors (Lipinski definition) is 2. The molecule has 0 bridgehead atoms. The zero-order chi connectivity index (χ0) is 19.8. The molecule has 2 aromatic rings. The molecule has 0 aromatic carbocycles. The van der Waals surface area contributed by atoms with Gasteiger partial charge in [-0.25, -0.2) is 9.98 Å². The number of pyridine rings is 1. The van der Waals surface area contributed by atoms with Crippen LogP contribution in [0, 0.1) is 0 Å². The Labute approximate surface area is 170 Å². The minimum atomic E-state index is -0.0119. The molecular weight excluding hydrogens is 372 g/mol.